The normalized spacial score (nSPS) is 14.4. The highest BCUT2D eigenvalue weighted by molar-refractivity contribution is 5.90. The molecule has 0 radical (unpaired) electrons. The molecule has 1 saturated heterocycles. The predicted molar refractivity (Wildman–Crippen MR) is 129 cm³/mol. The molecule has 1 fully saturated rings. The molecule has 1 aliphatic heterocycles. The molecule has 0 aromatic heterocycles. The van der Waals surface area contributed by atoms with Crippen molar-refractivity contribution < 1.29 is 28.5 Å². The summed E-state index contributed by atoms with van der Waals surface area (Å²) in [5, 5.41) is 0. The Kier molecular flexibility index (Phi) is 10.2. The molecular weight excluding hydrogens is 436 g/mol. The Morgan fingerprint density at radius 3 is 1.32 bits per heavy atom. The van der Waals surface area contributed by atoms with Crippen molar-refractivity contribution in [3.8, 4) is 11.5 Å². The Hall–Kier alpha value is -3.10. The van der Waals surface area contributed by atoms with Gasteiger partial charge in [0.1, 0.15) is 11.5 Å². The van der Waals surface area contributed by atoms with E-state index < -0.39 is 0 Å². The maximum absolute atomic E-state index is 12.1. The Bertz CT molecular complexity index is 817. The third-order valence-corrected chi connectivity index (χ3v) is 5.82. The van der Waals surface area contributed by atoms with Gasteiger partial charge in [0.05, 0.1) is 38.6 Å². The van der Waals surface area contributed by atoms with E-state index in [1.165, 1.54) is 0 Å². The fourth-order valence-electron chi connectivity index (χ4n) is 3.76. The van der Waals surface area contributed by atoms with Crippen LogP contribution in [0.15, 0.2) is 48.5 Å². The molecular formula is C26H34N2O6. The average Bonchev–Trinajstić information content (AvgIpc) is 2.89. The van der Waals surface area contributed by atoms with Crippen molar-refractivity contribution in [2.75, 3.05) is 66.7 Å². The van der Waals surface area contributed by atoms with Gasteiger partial charge in [0.25, 0.3) is 0 Å². The molecule has 2 aromatic carbocycles. The summed E-state index contributed by atoms with van der Waals surface area (Å²) in [5.74, 6) is 0.816. The van der Waals surface area contributed by atoms with Crippen LogP contribution in [-0.2, 0) is 9.47 Å². The van der Waals surface area contributed by atoms with Crippen LogP contribution in [0.2, 0.25) is 0 Å². The van der Waals surface area contributed by atoms with E-state index in [1.807, 2.05) is 0 Å². The van der Waals surface area contributed by atoms with Crippen LogP contribution in [0.5, 0.6) is 11.5 Å². The number of carbonyl (C=O) groups excluding carboxylic acids is 2. The van der Waals surface area contributed by atoms with Crippen LogP contribution in [0.25, 0.3) is 0 Å². The number of carbonyl (C=O) groups is 2. The first-order chi connectivity index (χ1) is 16.6. The van der Waals surface area contributed by atoms with Crippen LogP contribution in [0, 0.1) is 0 Å². The van der Waals surface area contributed by atoms with Gasteiger partial charge in [-0.2, -0.15) is 0 Å². The minimum Gasteiger partial charge on any atom is -0.497 e. The first-order valence-corrected chi connectivity index (χ1v) is 11.7. The molecule has 8 heteroatoms. The zero-order valence-electron chi connectivity index (χ0n) is 20.0. The zero-order chi connectivity index (χ0) is 24.2. The molecule has 0 aliphatic carbocycles. The Morgan fingerprint density at radius 1 is 0.647 bits per heavy atom. The number of piperazine rings is 1. The third-order valence-electron chi connectivity index (χ3n) is 5.82. The molecule has 0 saturated carbocycles. The topological polar surface area (TPSA) is 77.5 Å². The summed E-state index contributed by atoms with van der Waals surface area (Å²) in [7, 11) is 3.18. The summed E-state index contributed by atoms with van der Waals surface area (Å²) >= 11 is 0. The van der Waals surface area contributed by atoms with E-state index in [2.05, 4.69) is 9.80 Å². The summed E-state index contributed by atoms with van der Waals surface area (Å²) in [4.78, 5) is 29.0. The van der Waals surface area contributed by atoms with Gasteiger partial charge in [-0.15, -0.1) is 0 Å². The lowest BCUT2D eigenvalue weighted by Crippen LogP contribution is -2.47. The SMILES string of the molecule is COc1ccc(C(=O)OCCCN2CCN(CCCOC(=O)c3ccc(OC)cc3)CC2)cc1. The van der Waals surface area contributed by atoms with Crippen LogP contribution in [-0.4, -0.2) is 88.4 Å². The average molecular weight is 471 g/mol. The highest BCUT2D eigenvalue weighted by atomic mass is 16.5. The van der Waals surface area contributed by atoms with Crippen LogP contribution < -0.4 is 9.47 Å². The standard InChI is InChI=1S/C26H34N2O6/c1-31-23-9-5-21(6-10-23)25(29)33-19-3-13-27-15-17-28(18-16-27)14-4-20-34-26(30)22-7-11-24(32-2)12-8-22/h5-12H,3-4,13-20H2,1-2H3. The minimum absolute atomic E-state index is 0.305. The number of hydrogen-bond acceptors (Lipinski definition) is 8. The number of methoxy groups -OCH3 is 2. The second-order valence-electron chi connectivity index (χ2n) is 8.12. The van der Waals surface area contributed by atoms with Gasteiger partial charge < -0.3 is 28.7 Å². The lowest BCUT2D eigenvalue weighted by molar-refractivity contribution is 0.0448. The van der Waals surface area contributed by atoms with E-state index in [0.29, 0.717) is 35.8 Å². The third kappa shape index (κ3) is 8.04. The van der Waals surface area contributed by atoms with E-state index in [1.54, 1.807) is 62.8 Å². The van der Waals surface area contributed by atoms with Crippen LogP contribution in [0.3, 0.4) is 0 Å². The number of ether oxygens (including phenoxy) is 4. The molecule has 1 heterocycles. The van der Waals surface area contributed by atoms with Gasteiger partial charge in [0, 0.05) is 39.3 Å². The minimum atomic E-state index is -0.305. The van der Waals surface area contributed by atoms with E-state index in [9.17, 15) is 9.59 Å². The van der Waals surface area contributed by atoms with E-state index in [-0.39, 0.29) is 11.9 Å². The van der Waals surface area contributed by atoms with E-state index in [4.69, 9.17) is 18.9 Å². The molecule has 0 spiro atoms. The van der Waals surface area contributed by atoms with Crippen molar-refractivity contribution in [3.05, 3.63) is 59.7 Å². The number of benzene rings is 2. The summed E-state index contributed by atoms with van der Waals surface area (Å²) in [6.07, 6.45) is 1.62. The molecule has 8 nitrogen and oxygen atoms in total. The fourth-order valence-corrected chi connectivity index (χ4v) is 3.76. The summed E-state index contributed by atoms with van der Waals surface area (Å²) in [6.45, 7) is 6.56. The Labute approximate surface area is 201 Å². The van der Waals surface area contributed by atoms with E-state index >= 15 is 0 Å². The van der Waals surface area contributed by atoms with Gasteiger partial charge in [-0.05, 0) is 61.4 Å². The number of nitrogens with zero attached hydrogens (tertiary/aromatic N) is 2. The first kappa shape index (κ1) is 25.5. The van der Waals surface area contributed by atoms with Crippen molar-refractivity contribution in [1.29, 1.82) is 0 Å². The number of esters is 2. The van der Waals surface area contributed by atoms with Gasteiger partial charge in [0.15, 0.2) is 0 Å². The molecule has 0 N–H and O–H groups in total. The van der Waals surface area contributed by atoms with Gasteiger partial charge in [0.2, 0.25) is 0 Å². The maximum atomic E-state index is 12.1. The molecule has 3 rings (SSSR count). The zero-order valence-corrected chi connectivity index (χ0v) is 20.0. The highest BCUT2D eigenvalue weighted by Crippen LogP contribution is 2.13. The van der Waals surface area contributed by atoms with Crippen molar-refractivity contribution in [1.82, 2.24) is 9.80 Å². The highest BCUT2D eigenvalue weighted by Gasteiger charge is 2.17. The molecule has 0 atom stereocenters. The predicted octanol–water partition coefficient (Wildman–Crippen LogP) is 3.12. The number of hydrogen-bond donors (Lipinski definition) is 0. The van der Waals surface area contributed by atoms with E-state index in [0.717, 1.165) is 52.1 Å². The number of rotatable bonds is 12. The summed E-state index contributed by atoms with van der Waals surface area (Å²) in [6, 6.07) is 13.8. The smallest absolute Gasteiger partial charge is 0.338 e. The van der Waals surface area contributed by atoms with Gasteiger partial charge in [-0.3, -0.25) is 0 Å². The summed E-state index contributed by atoms with van der Waals surface area (Å²) in [5.41, 5.74) is 1.06. The van der Waals surface area contributed by atoms with Gasteiger partial charge >= 0.3 is 11.9 Å². The second-order valence-corrected chi connectivity index (χ2v) is 8.12. The summed E-state index contributed by atoms with van der Waals surface area (Å²) < 4.78 is 21.0. The molecule has 34 heavy (non-hydrogen) atoms. The largest absolute Gasteiger partial charge is 0.497 e. The second kappa shape index (κ2) is 13.6. The van der Waals surface area contributed by atoms with Crippen LogP contribution in [0.1, 0.15) is 33.6 Å². The molecule has 0 unspecified atom stereocenters. The molecule has 2 aromatic rings. The van der Waals surface area contributed by atoms with Crippen molar-refractivity contribution in [2.45, 2.75) is 12.8 Å². The quantitative estimate of drug-likeness (QED) is 0.346. The first-order valence-electron chi connectivity index (χ1n) is 11.7. The van der Waals surface area contributed by atoms with Crippen molar-refractivity contribution in [2.24, 2.45) is 0 Å². The lowest BCUT2D eigenvalue weighted by atomic mass is 10.2. The lowest BCUT2D eigenvalue weighted by Gasteiger charge is -2.34. The van der Waals surface area contributed by atoms with Crippen molar-refractivity contribution in [3.63, 3.8) is 0 Å². The van der Waals surface area contributed by atoms with Gasteiger partial charge in [-0.25, -0.2) is 9.59 Å². The Balaban J connectivity index is 1.22. The van der Waals surface area contributed by atoms with Gasteiger partial charge in [-0.1, -0.05) is 0 Å². The Morgan fingerprint density at radius 2 is 1.00 bits per heavy atom. The van der Waals surface area contributed by atoms with Crippen molar-refractivity contribution >= 4 is 11.9 Å². The fraction of sp³-hybridized carbons (Fsp3) is 0.462. The van der Waals surface area contributed by atoms with Crippen LogP contribution >= 0.6 is 0 Å². The maximum Gasteiger partial charge on any atom is 0.338 e. The molecule has 184 valence electrons. The molecule has 1 aliphatic rings. The molecule has 0 amide bonds. The monoisotopic (exact) mass is 470 g/mol. The molecule has 0 bridgehead atoms. The van der Waals surface area contributed by atoms with Crippen LogP contribution in [0.4, 0.5) is 0 Å².